The Balaban J connectivity index is 1.32. The minimum atomic E-state index is -0.273. The molecule has 0 aliphatic carbocycles. The molecule has 8 nitrogen and oxygen atoms in total. The Labute approximate surface area is 187 Å². The summed E-state index contributed by atoms with van der Waals surface area (Å²) in [5, 5.41) is 11.6. The van der Waals surface area contributed by atoms with Gasteiger partial charge in [-0.05, 0) is 18.4 Å². The van der Waals surface area contributed by atoms with Gasteiger partial charge in [-0.25, -0.2) is 4.99 Å². The molecule has 1 aromatic heterocycles. The SMILES string of the molecule is CCCCCn1c(NCC(=O)CCC2=NN=C(c3ccccc3)C2)nc(=O)c2c1N=CC2. The van der Waals surface area contributed by atoms with Gasteiger partial charge >= 0.3 is 0 Å². The second-order valence-corrected chi connectivity index (χ2v) is 8.07. The monoisotopic (exact) mass is 432 g/mol. The highest BCUT2D eigenvalue weighted by Gasteiger charge is 2.20. The molecule has 0 atom stereocenters. The molecule has 0 bridgehead atoms. The Hall–Kier alpha value is -3.42. The van der Waals surface area contributed by atoms with Crippen LogP contribution in [0, 0.1) is 0 Å². The normalized spacial score (nSPS) is 14.3. The zero-order chi connectivity index (χ0) is 22.3. The van der Waals surface area contributed by atoms with E-state index in [1.54, 1.807) is 6.21 Å². The summed E-state index contributed by atoms with van der Waals surface area (Å²) in [6.07, 6.45) is 7.02. The summed E-state index contributed by atoms with van der Waals surface area (Å²) in [6.45, 7) is 2.97. The number of carbonyl (C=O) groups excluding carboxylic acids is 1. The number of nitrogens with one attached hydrogen (secondary N) is 1. The molecule has 0 saturated carbocycles. The van der Waals surface area contributed by atoms with E-state index >= 15 is 0 Å². The molecule has 0 unspecified atom stereocenters. The third-order valence-electron chi connectivity index (χ3n) is 5.67. The van der Waals surface area contributed by atoms with Crippen LogP contribution in [-0.2, 0) is 17.8 Å². The molecule has 0 fully saturated rings. The number of carbonyl (C=O) groups is 1. The molecule has 2 aliphatic heterocycles. The highest BCUT2D eigenvalue weighted by atomic mass is 16.1. The second-order valence-electron chi connectivity index (χ2n) is 8.07. The smallest absolute Gasteiger partial charge is 0.280 e. The number of aliphatic imine (C=N–C) groups is 1. The standard InChI is InChI=1S/C24H28N6O2/c1-2-3-7-14-30-22-20(12-13-25-22)23(32)27-24(30)26-16-19(31)11-10-18-15-21(29-28-18)17-8-5-4-6-9-17/h4-6,8-9,13H,2-3,7,10-12,14-16H2,1H3,(H,26,27,32). The number of rotatable bonds is 11. The van der Waals surface area contributed by atoms with Gasteiger partial charge in [0.15, 0.2) is 5.78 Å². The molecule has 166 valence electrons. The van der Waals surface area contributed by atoms with Gasteiger partial charge in [-0.3, -0.25) is 14.2 Å². The minimum Gasteiger partial charge on any atom is -0.348 e. The van der Waals surface area contributed by atoms with Crippen LogP contribution in [0.2, 0.25) is 0 Å². The Bertz CT molecular complexity index is 1130. The predicted octanol–water partition coefficient (Wildman–Crippen LogP) is 3.70. The molecule has 1 aromatic carbocycles. The van der Waals surface area contributed by atoms with Gasteiger partial charge in [-0.15, -0.1) is 0 Å². The van der Waals surface area contributed by atoms with Crippen molar-refractivity contribution in [1.82, 2.24) is 9.55 Å². The van der Waals surface area contributed by atoms with Crippen molar-refractivity contribution in [3.63, 3.8) is 0 Å². The third-order valence-corrected chi connectivity index (χ3v) is 5.67. The van der Waals surface area contributed by atoms with E-state index in [4.69, 9.17) is 0 Å². The maximum atomic E-state index is 12.5. The fourth-order valence-corrected chi connectivity index (χ4v) is 3.87. The van der Waals surface area contributed by atoms with Crippen LogP contribution in [0.3, 0.4) is 0 Å². The third kappa shape index (κ3) is 5.07. The maximum Gasteiger partial charge on any atom is 0.280 e. The lowest BCUT2D eigenvalue weighted by atomic mass is 10.0. The molecule has 0 spiro atoms. The lowest BCUT2D eigenvalue weighted by molar-refractivity contribution is -0.117. The number of hydrogen-bond donors (Lipinski definition) is 1. The average Bonchev–Trinajstić information content (AvgIpc) is 3.49. The quantitative estimate of drug-likeness (QED) is 0.547. The zero-order valence-corrected chi connectivity index (χ0v) is 18.4. The molecule has 32 heavy (non-hydrogen) atoms. The zero-order valence-electron chi connectivity index (χ0n) is 18.4. The molecule has 2 aliphatic rings. The Morgan fingerprint density at radius 2 is 2.00 bits per heavy atom. The van der Waals surface area contributed by atoms with Crippen LogP contribution in [0.1, 0.15) is 56.6 Å². The molecule has 4 rings (SSSR count). The number of benzene rings is 1. The van der Waals surface area contributed by atoms with Crippen LogP contribution >= 0.6 is 0 Å². The maximum absolute atomic E-state index is 12.5. The summed E-state index contributed by atoms with van der Waals surface area (Å²) >= 11 is 0. The van der Waals surface area contributed by atoms with Crippen molar-refractivity contribution in [1.29, 1.82) is 0 Å². The summed E-state index contributed by atoms with van der Waals surface area (Å²) in [6, 6.07) is 9.95. The van der Waals surface area contributed by atoms with Crippen LogP contribution in [0.25, 0.3) is 0 Å². The van der Waals surface area contributed by atoms with Crippen LogP contribution < -0.4 is 10.9 Å². The van der Waals surface area contributed by atoms with Crippen LogP contribution in [0.5, 0.6) is 0 Å². The van der Waals surface area contributed by atoms with E-state index in [0.29, 0.717) is 49.6 Å². The molecule has 1 N–H and O–H groups in total. The Morgan fingerprint density at radius 1 is 1.16 bits per heavy atom. The van der Waals surface area contributed by atoms with E-state index in [-0.39, 0.29) is 17.9 Å². The van der Waals surface area contributed by atoms with Crippen molar-refractivity contribution in [2.45, 2.75) is 58.4 Å². The average molecular weight is 433 g/mol. The van der Waals surface area contributed by atoms with Gasteiger partial charge in [0.2, 0.25) is 5.95 Å². The lowest BCUT2D eigenvalue weighted by Crippen LogP contribution is -2.24. The molecule has 8 heteroatoms. The number of hydrogen-bond acceptors (Lipinski definition) is 7. The van der Waals surface area contributed by atoms with Crippen molar-refractivity contribution in [3.8, 4) is 0 Å². The van der Waals surface area contributed by atoms with Gasteiger partial charge in [0.05, 0.1) is 17.8 Å². The first-order chi connectivity index (χ1) is 15.7. The largest absolute Gasteiger partial charge is 0.348 e. The highest BCUT2D eigenvalue weighted by molar-refractivity contribution is 6.15. The van der Waals surface area contributed by atoms with Crippen molar-refractivity contribution in [2.24, 2.45) is 15.2 Å². The summed E-state index contributed by atoms with van der Waals surface area (Å²) < 4.78 is 1.93. The fourth-order valence-electron chi connectivity index (χ4n) is 3.87. The molecule has 0 saturated heterocycles. The van der Waals surface area contributed by atoms with Gasteiger partial charge in [-0.2, -0.15) is 15.2 Å². The number of unbranched alkanes of at least 4 members (excludes halogenated alkanes) is 2. The van der Waals surface area contributed by atoms with E-state index < -0.39 is 0 Å². The van der Waals surface area contributed by atoms with Crippen LogP contribution in [0.15, 0.2) is 50.3 Å². The summed E-state index contributed by atoms with van der Waals surface area (Å²) in [4.78, 5) is 33.5. The number of ketones is 1. The molecule has 3 heterocycles. The first-order valence-electron chi connectivity index (χ1n) is 11.2. The van der Waals surface area contributed by atoms with Crippen molar-refractivity contribution < 1.29 is 4.79 Å². The molecule has 2 aromatic rings. The van der Waals surface area contributed by atoms with Gasteiger partial charge in [0.1, 0.15) is 5.82 Å². The molecular weight excluding hydrogens is 404 g/mol. The highest BCUT2D eigenvalue weighted by Crippen LogP contribution is 2.24. The fraction of sp³-hybridized carbons (Fsp3) is 0.417. The van der Waals surface area contributed by atoms with E-state index in [1.807, 2.05) is 34.9 Å². The van der Waals surface area contributed by atoms with Gasteiger partial charge in [0, 0.05) is 37.7 Å². The van der Waals surface area contributed by atoms with E-state index in [0.717, 1.165) is 36.2 Å². The summed E-state index contributed by atoms with van der Waals surface area (Å²) in [7, 11) is 0. The topological polar surface area (TPSA) is 101 Å². The number of Topliss-reactive ketones (excluding diaryl/α,β-unsaturated/α-hetero) is 1. The van der Waals surface area contributed by atoms with E-state index in [2.05, 4.69) is 32.4 Å². The van der Waals surface area contributed by atoms with Gasteiger partial charge in [-0.1, -0.05) is 50.1 Å². The van der Waals surface area contributed by atoms with E-state index in [1.165, 1.54) is 0 Å². The van der Waals surface area contributed by atoms with Crippen molar-refractivity contribution >= 4 is 35.2 Å². The van der Waals surface area contributed by atoms with Crippen LogP contribution in [0.4, 0.5) is 11.8 Å². The van der Waals surface area contributed by atoms with Gasteiger partial charge in [0.25, 0.3) is 5.56 Å². The van der Waals surface area contributed by atoms with Crippen molar-refractivity contribution in [2.75, 3.05) is 11.9 Å². The number of aromatic nitrogens is 2. The Morgan fingerprint density at radius 3 is 2.81 bits per heavy atom. The molecular formula is C24H28N6O2. The van der Waals surface area contributed by atoms with E-state index in [9.17, 15) is 9.59 Å². The first-order valence-corrected chi connectivity index (χ1v) is 11.2. The summed E-state index contributed by atoms with van der Waals surface area (Å²) in [5.74, 6) is 1.13. The summed E-state index contributed by atoms with van der Waals surface area (Å²) in [5.41, 5.74) is 3.27. The van der Waals surface area contributed by atoms with Crippen molar-refractivity contribution in [3.05, 3.63) is 51.8 Å². The lowest BCUT2D eigenvalue weighted by Gasteiger charge is -2.16. The minimum absolute atomic E-state index is 0.0409. The number of nitrogens with zero attached hydrogens (tertiary/aromatic N) is 5. The molecule has 0 amide bonds. The first kappa shape index (κ1) is 21.8. The number of fused-ring (bicyclic) bond motifs is 1. The number of anilines is 1. The van der Waals surface area contributed by atoms with Gasteiger partial charge < -0.3 is 5.32 Å². The van der Waals surface area contributed by atoms with Crippen LogP contribution in [-0.4, -0.2) is 39.5 Å². The molecule has 0 radical (unpaired) electrons. The second kappa shape index (κ2) is 10.3. The predicted molar refractivity (Wildman–Crippen MR) is 128 cm³/mol. The Kier molecular flexibility index (Phi) is 6.99.